The summed E-state index contributed by atoms with van der Waals surface area (Å²) in [5, 5.41) is 14.8. The normalized spacial score (nSPS) is 19.3. The number of hydrogen-bond acceptors (Lipinski definition) is 5. The molecule has 0 saturated carbocycles. The molecule has 0 spiro atoms. The maximum Gasteiger partial charge on any atom is 0.242 e. The molecule has 1 N–H and O–H groups in total. The van der Waals surface area contributed by atoms with Gasteiger partial charge in [0, 0.05) is 32.6 Å². The van der Waals surface area contributed by atoms with Crippen LogP contribution >= 0.6 is 0 Å². The van der Waals surface area contributed by atoms with Crippen molar-refractivity contribution < 1.29 is 14.7 Å². The standard InChI is InChI=1S/C17H27N5O3/c1-19(2)11-15(23)14-9-13-10-20(7-4-8-22(13)18-14)17(25)12-21-6-3-5-16(21)24/h9,15,23H,3-8,10-12H2,1-2H3/t15-/m0/s1. The van der Waals surface area contributed by atoms with E-state index in [1.54, 1.807) is 9.80 Å². The summed E-state index contributed by atoms with van der Waals surface area (Å²) in [4.78, 5) is 29.7. The zero-order chi connectivity index (χ0) is 18.0. The van der Waals surface area contributed by atoms with Crippen LogP contribution in [0, 0.1) is 0 Å². The summed E-state index contributed by atoms with van der Waals surface area (Å²) in [5.74, 6) is 0.0580. The largest absolute Gasteiger partial charge is 0.385 e. The van der Waals surface area contributed by atoms with E-state index in [0.717, 1.165) is 25.1 Å². The Morgan fingerprint density at radius 1 is 1.32 bits per heavy atom. The van der Waals surface area contributed by atoms with Crippen molar-refractivity contribution in [3.63, 3.8) is 0 Å². The Morgan fingerprint density at radius 2 is 2.12 bits per heavy atom. The predicted molar refractivity (Wildman–Crippen MR) is 91.6 cm³/mol. The van der Waals surface area contributed by atoms with Crippen LogP contribution in [0.3, 0.4) is 0 Å². The van der Waals surface area contributed by atoms with Crippen LogP contribution < -0.4 is 0 Å². The molecule has 3 rings (SSSR count). The molecular weight excluding hydrogens is 322 g/mol. The molecule has 2 amide bonds. The average molecular weight is 349 g/mol. The maximum absolute atomic E-state index is 12.6. The molecule has 0 aliphatic carbocycles. The van der Waals surface area contributed by atoms with Crippen molar-refractivity contribution >= 4 is 11.8 Å². The summed E-state index contributed by atoms with van der Waals surface area (Å²) in [6.07, 6.45) is 1.57. The molecule has 3 heterocycles. The van der Waals surface area contributed by atoms with Crippen molar-refractivity contribution in [1.29, 1.82) is 0 Å². The third-order valence-electron chi connectivity index (χ3n) is 4.76. The van der Waals surface area contributed by atoms with Gasteiger partial charge in [-0.05, 0) is 33.0 Å². The minimum absolute atomic E-state index is 0.0136. The van der Waals surface area contributed by atoms with Crippen LogP contribution in [0.25, 0.3) is 0 Å². The van der Waals surface area contributed by atoms with Crippen LogP contribution in [0.2, 0.25) is 0 Å². The quantitative estimate of drug-likeness (QED) is 0.798. The second-order valence-electron chi connectivity index (χ2n) is 7.15. The van der Waals surface area contributed by atoms with Crippen LogP contribution in [0.5, 0.6) is 0 Å². The Morgan fingerprint density at radius 3 is 2.80 bits per heavy atom. The summed E-state index contributed by atoms with van der Waals surface area (Å²) >= 11 is 0. The van der Waals surface area contributed by atoms with E-state index in [4.69, 9.17) is 0 Å². The monoisotopic (exact) mass is 349 g/mol. The van der Waals surface area contributed by atoms with E-state index in [1.807, 2.05) is 29.7 Å². The number of aliphatic hydroxyl groups excluding tert-OH is 1. The topological polar surface area (TPSA) is 81.9 Å². The van der Waals surface area contributed by atoms with Crippen LogP contribution in [-0.2, 0) is 22.7 Å². The van der Waals surface area contributed by atoms with Crippen LogP contribution in [0.1, 0.15) is 36.8 Å². The Hall–Kier alpha value is -1.93. The van der Waals surface area contributed by atoms with E-state index in [2.05, 4.69) is 5.10 Å². The molecule has 1 aromatic heterocycles. The Balaban J connectivity index is 1.67. The lowest BCUT2D eigenvalue weighted by molar-refractivity contribution is -0.138. The smallest absolute Gasteiger partial charge is 0.242 e. The Kier molecular flexibility index (Phi) is 5.39. The number of fused-ring (bicyclic) bond motifs is 1. The van der Waals surface area contributed by atoms with Gasteiger partial charge >= 0.3 is 0 Å². The van der Waals surface area contributed by atoms with Gasteiger partial charge in [-0.2, -0.15) is 5.10 Å². The zero-order valence-electron chi connectivity index (χ0n) is 15.0. The van der Waals surface area contributed by atoms with Gasteiger partial charge < -0.3 is 19.8 Å². The fourth-order valence-electron chi connectivity index (χ4n) is 3.43. The van der Waals surface area contributed by atoms with Gasteiger partial charge in [-0.1, -0.05) is 0 Å². The Bertz CT molecular complexity index is 642. The number of aryl methyl sites for hydroxylation is 1. The first-order valence-electron chi connectivity index (χ1n) is 8.89. The lowest BCUT2D eigenvalue weighted by atomic mass is 10.2. The molecule has 8 nitrogen and oxygen atoms in total. The first-order valence-corrected chi connectivity index (χ1v) is 8.89. The molecule has 0 bridgehead atoms. The number of carbonyl (C=O) groups is 2. The van der Waals surface area contributed by atoms with Gasteiger partial charge in [-0.3, -0.25) is 14.3 Å². The highest BCUT2D eigenvalue weighted by atomic mass is 16.3. The molecule has 2 aliphatic heterocycles. The summed E-state index contributed by atoms with van der Waals surface area (Å²) in [6.45, 7) is 3.23. The summed E-state index contributed by atoms with van der Waals surface area (Å²) in [6, 6.07) is 1.89. The van der Waals surface area contributed by atoms with Crippen LogP contribution in [0.15, 0.2) is 6.07 Å². The molecule has 0 unspecified atom stereocenters. The molecule has 0 radical (unpaired) electrons. The second kappa shape index (κ2) is 7.53. The Labute approximate surface area is 148 Å². The third-order valence-corrected chi connectivity index (χ3v) is 4.76. The van der Waals surface area contributed by atoms with E-state index < -0.39 is 6.10 Å². The number of amides is 2. The van der Waals surface area contributed by atoms with E-state index in [1.165, 1.54) is 0 Å². The fourth-order valence-corrected chi connectivity index (χ4v) is 3.43. The second-order valence-corrected chi connectivity index (χ2v) is 7.15. The maximum atomic E-state index is 12.6. The van der Waals surface area contributed by atoms with E-state index in [-0.39, 0.29) is 18.4 Å². The number of aliphatic hydroxyl groups is 1. The molecule has 0 aromatic carbocycles. The number of likely N-dealkylation sites (tertiary alicyclic amines) is 1. The third kappa shape index (κ3) is 4.19. The molecule has 1 saturated heterocycles. The molecule has 2 aliphatic rings. The zero-order valence-corrected chi connectivity index (χ0v) is 15.0. The molecule has 1 aromatic rings. The number of rotatable bonds is 5. The summed E-state index contributed by atoms with van der Waals surface area (Å²) in [7, 11) is 3.81. The molecule has 25 heavy (non-hydrogen) atoms. The van der Waals surface area contributed by atoms with Gasteiger partial charge in [-0.15, -0.1) is 0 Å². The molecule has 1 fully saturated rings. The number of aromatic nitrogens is 2. The minimum Gasteiger partial charge on any atom is -0.385 e. The van der Waals surface area contributed by atoms with Crippen LogP contribution in [0.4, 0.5) is 0 Å². The summed E-state index contributed by atoms with van der Waals surface area (Å²) < 4.78 is 1.89. The summed E-state index contributed by atoms with van der Waals surface area (Å²) in [5.41, 5.74) is 1.58. The van der Waals surface area contributed by atoms with Crippen molar-refractivity contribution in [2.24, 2.45) is 0 Å². The highest BCUT2D eigenvalue weighted by Gasteiger charge is 2.27. The van der Waals surface area contributed by atoms with Crippen molar-refractivity contribution in [2.45, 2.75) is 38.5 Å². The van der Waals surface area contributed by atoms with Gasteiger partial charge in [0.15, 0.2) is 0 Å². The predicted octanol–water partition coefficient (Wildman–Crippen LogP) is -0.167. The lowest BCUT2D eigenvalue weighted by Crippen LogP contribution is -2.40. The van der Waals surface area contributed by atoms with Gasteiger partial charge in [0.05, 0.1) is 24.5 Å². The number of nitrogens with zero attached hydrogens (tertiary/aromatic N) is 5. The van der Waals surface area contributed by atoms with Gasteiger partial charge in [-0.25, -0.2) is 0 Å². The van der Waals surface area contributed by atoms with E-state index in [0.29, 0.717) is 38.3 Å². The first-order chi connectivity index (χ1) is 11.9. The highest BCUT2D eigenvalue weighted by Crippen LogP contribution is 2.19. The number of likely N-dealkylation sites (N-methyl/N-ethyl adjacent to an activating group) is 1. The minimum atomic E-state index is -0.638. The first kappa shape index (κ1) is 17.9. The SMILES string of the molecule is CN(C)C[C@H](O)c1cc2n(n1)CCCN(C(=O)CN1CCCC1=O)C2. The van der Waals surface area contributed by atoms with Crippen molar-refractivity contribution in [2.75, 3.05) is 40.3 Å². The lowest BCUT2D eigenvalue weighted by Gasteiger charge is -2.23. The van der Waals surface area contributed by atoms with Crippen molar-refractivity contribution in [1.82, 2.24) is 24.5 Å². The molecule has 8 heteroatoms. The number of hydrogen-bond donors (Lipinski definition) is 1. The van der Waals surface area contributed by atoms with E-state index in [9.17, 15) is 14.7 Å². The van der Waals surface area contributed by atoms with E-state index >= 15 is 0 Å². The highest BCUT2D eigenvalue weighted by molar-refractivity contribution is 5.85. The number of carbonyl (C=O) groups excluding carboxylic acids is 2. The van der Waals surface area contributed by atoms with Crippen molar-refractivity contribution in [3.8, 4) is 0 Å². The molecule has 1 atom stereocenters. The molecular formula is C17H27N5O3. The van der Waals surface area contributed by atoms with Gasteiger partial charge in [0.1, 0.15) is 6.10 Å². The van der Waals surface area contributed by atoms with Crippen LogP contribution in [-0.4, -0.2) is 81.7 Å². The van der Waals surface area contributed by atoms with Gasteiger partial charge in [0.2, 0.25) is 11.8 Å². The van der Waals surface area contributed by atoms with Gasteiger partial charge in [0.25, 0.3) is 0 Å². The van der Waals surface area contributed by atoms with Crippen molar-refractivity contribution in [3.05, 3.63) is 17.5 Å². The molecule has 138 valence electrons. The average Bonchev–Trinajstić information content (AvgIpc) is 3.07. The fraction of sp³-hybridized carbons (Fsp3) is 0.706.